The largest absolute Gasteiger partial charge is 0.335 e. The molecule has 0 saturated heterocycles. The van der Waals surface area contributed by atoms with Gasteiger partial charge in [0, 0.05) is 12.0 Å². The van der Waals surface area contributed by atoms with Gasteiger partial charge in [0.2, 0.25) is 0 Å². The molecule has 0 spiro atoms. The third kappa shape index (κ3) is 3.19. The molecule has 0 heterocycles. The summed E-state index contributed by atoms with van der Waals surface area (Å²) in [5.74, 6) is -0.290. The van der Waals surface area contributed by atoms with Crippen LogP contribution in [0.4, 0.5) is 0 Å². The summed E-state index contributed by atoms with van der Waals surface area (Å²) in [7, 11) is 0. The molecule has 2 rings (SSSR count). The number of carbonyl (C=O) groups excluding carboxylic acids is 1. The van der Waals surface area contributed by atoms with Crippen LogP contribution in [-0.2, 0) is 9.63 Å². The Balaban J connectivity index is 2.28. The van der Waals surface area contributed by atoms with Crippen LogP contribution in [0.25, 0.3) is 10.8 Å². The van der Waals surface area contributed by atoms with Gasteiger partial charge in [0.25, 0.3) is 0 Å². The second-order valence-corrected chi connectivity index (χ2v) is 4.42. The molecule has 0 aliphatic carbocycles. The number of carbonyl (C=O) groups is 1. The lowest BCUT2D eigenvalue weighted by molar-refractivity contribution is -0.143. The molecule has 0 atom stereocenters. The Kier molecular flexibility index (Phi) is 4.29. The highest BCUT2D eigenvalue weighted by atomic mass is 16.7. The number of fused-ring (bicyclic) bond motifs is 1. The molecule has 0 bridgehead atoms. The van der Waals surface area contributed by atoms with Crippen LogP contribution >= 0.6 is 0 Å². The van der Waals surface area contributed by atoms with Gasteiger partial charge in [-0.05, 0) is 24.1 Å². The molecule has 0 radical (unpaired) electrons. The zero-order chi connectivity index (χ0) is 13.7. The summed E-state index contributed by atoms with van der Waals surface area (Å²) in [6.07, 6.45) is 1.16. The van der Waals surface area contributed by atoms with Gasteiger partial charge >= 0.3 is 5.97 Å². The molecule has 3 heteroatoms. The zero-order valence-electron chi connectivity index (χ0n) is 11.2. The van der Waals surface area contributed by atoms with E-state index in [9.17, 15) is 4.79 Å². The molecule has 19 heavy (non-hydrogen) atoms. The van der Waals surface area contributed by atoms with E-state index in [2.05, 4.69) is 17.3 Å². The maximum Gasteiger partial charge on any atom is 0.335 e. The first-order valence-corrected chi connectivity index (χ1v) is 6.45. The average molecular weight is 255 g/mol. The van der Waals surface area contributed by atoms with Gasteiger partial charge in [-0.25, -0.2) is 4.79 Å². The van der Waals surface area contributed by atoms with Gasteiger partial charge in [0.15, 0.2) is 0 Å². The lowest BCUT2D eigenvalue weighted by Gasteiger charge is -2.05. The van der Waals surface area contributed by atoms with E-state index >= 15 is 0 Å². The fourth-order valence-electron chi connectivity index (χ4n) is 1.96. The number of hydrogen-bond donors (Lipinski definition) is 0. The standard InChI is InChI=1S/C16H17NO2/c1-3-7-16(18)19-17-12(2)14-11-6-9-13-8-4-5-10-15(13)14/h4-6,8-11H,3,7H2,1-2H3/b17-12-. The van der Waals surface area contributed by atoms with Gasteiger partial charge in [-0.1, -0.05) is 54.5 Å². The molecule has 0 fully saturated rings. The van der Waals surface area contributed by atoms with Crippen LogP contribution in [0.1, 0.15) is 32.3 Å². The van der Waals surface area contributed by atoms with Crippen molar-refractivity contribution in [2.45, 2.75) is 26.7 Å². The van der Waals surface area contributed by atoms with E-state index in [1.54, 1.807) is 0 Å². The van der Waals surface area contributed by atoms with Crippen molar-refractivity contribution in [3.63, 3.8) is 0 Å². The first-order chi connectivity index (χ1) is 9.22. The van der Waals surface area contributed by atoms with Gasteiger partial charge in [0.05, 0.1) is 5.71 Å². The molecule has 0 aliphatic rings. The predicted molar refractivity (Wildman–Crippen MR) is 77.2 cm³/mol. The molecule has 3 nitrogen and oxygen atoms in total. The predicted octanol–water partition coefficient (Wildman–Crippen LogP) is 3.91. The molecular weight excluding hydrogens is 238 g/mol. The van der Waals surface area contributed by atoms with E-state index in [0.717, 1.165) is 22.8 Å². The fourth-order valence-corrected chi connectivity index (χ4v) is 1.96. The molecular formula is C16H17NO2. The van der Waals surface area contributed by atoms with E-state index in [1.165, 1.54) is 0 Å². The summed E-state index contributed by atoms with van der Waals surface area (Å²) in [5.41, 5.74) is 1.70. The normalized spacial score (nSPS) is 11.6. The van der Waals surface area contributed by atoms with Crippen molar-refractivity contribution in [2.75, 3.05) is 0 Å². The highest BCUT2D eigenvalue weighted by molar-refractivity contribution is 6.09. The van der Waals surface area contributed by atoms with Gasteiger partial charge in [-0.3, -0.25) is 0 Å². The van der Waals surface area contributed by atoms with Gasteiger partial charge in [0.1, 0.15) is 0 Å². The molecule has 0 aliphatic heterocycles. The van der Waals surface area contributed by atoms with Crippen LogP contribution < -0.4 is 0 Å². The summed E-state index contributed by atoms with van der Waals surface area (Å²) in [4.78, 5) is 16.2. The summed E-state index contributed by atoms with van der Waals surface area (Å²) >= 11 is 0. The maximum absolute atomic E-state index is 11.3. The molecule has 0 unspecified atom stereocenters. The Hall–Kier alpha value is -2.16. The number of rotatable bonds is 4. The van der Waals surface area contributed by atoms with Gasteiger partial charge < -0.3 is 4.84 Å². The lowest BCUT2D eigenvalue weighted by atomic mass is 10.0. The minimum absolute atomic E-state index is 0.290. The van der Waals surface area contributed by atoms with E-state index in [-0.39, 0.29) is 5.97 Å². The Morgan fingerprint density at radius 3 is 2.68 bits per heavy atom. The Bertz CT molecular complexity index is 612. The van der Waals surface area contributed by atoms with E-state index in [1.807, 2.05) is 44.2 Å². The minimum Gasteiger partial charge on any atom is -0.318 e. The Morgan fingerprint density at radius 2 is 1.89 bits per heavy atom. The van der Waals surface area contributed by atoms with Crippen molar-refractivity contribution in [2.24, 2.45) is 5.16 Å². The topological polar surface area (TPSA) is 38.7 Å². The Labute approximate surface area is 112 Å². The van der Waals surface area contributed by atoms with Crippen molar-refractivity contribution >= 4 is 22.5 Å². The summed E-state index contributed by atoms with van der Waals surface area (Å²) in [6, 6.07) is 14.1. The average Bonchev–Trinajstić information content (AvgIpc) is 2.44. The van der Waals surface area contributed by atoms with Crippen molar-refractivity contribution in [1.82, 2.24) is 0 Å². The van der Waals surface area contributed by atoms with Crippen molar-refractivity contribution in [3.05, 3.63) is 48.0 Å². The molecule has 98 valence electrons. The van der Waals surface area contributed by atoms with Crippen LogP contribution in [0.2, 0.25) is 0 Å². The van der Waals surface area contributed by atoms with E-state index < -0.39 is 0 Å². The third-order valence-electron chi connectivity index (χ3n) is 2.92. The van der Waals surface area contributed by atoms with Crippen LogP contribution in [-0.4, -0.2) is 11.7 Å². The number of benzene rings is 2. The first-order valence-electron chi connectivity index (χ1n) is 6.45. The number of oxime groups is 1. The molecule has 2 aromatic carbocycles. The van der Waals surface area contributed by atoms with E-state index in [0.29, 0.717) is 12.1 Å². The number of nitrogens with zero attached hydrogens (tertiary/aromatic N) is 1. The molecule has 0 N–H and O–H groups in total. The highest BCUT2D eigenvalue weighted by Crippen LogP contribution is 2.19. The van der Waals surface area contributed by atoms with Gasteiger partial charge in [-0.2, -0.15) is 0 Å². The molecule has 0 saturated carbocycles. The van der Waals surface area contributed by atoms with Crippen molar-refractivity contribution in [3.8, 4) is 0 Å². The van der Waals surface area contributed by atoms with Crippen LogP contribution in [0, 0.1) is 0 Å². The summed E-state index contributed by atoms with van der Waals surface area (Å²) in [5, 5.41) is 6.19. The summed E-state index contributed by atoms with van der Waals surface area (Å²) < 4.78 is 0. The quantitative estimate of drug-likeness (QED) is 0.472. The van der Waals surface area contributed by atoms with Crippen LogP contribution in [0.15, 0.2) is 47.6 Å². The third-order valence-corrected chi connectivity index (χ3v) is 2.92. The zero-order valence-corrected chi connectivity index (χ0v) is 11.2. The second-order valence-electron chi connectivity index (χ2n) is 4.42. The maximum atomic E-state index is 11.3. The van der Waals surface area contributed by atoms with E-state index in [4.69, 9.17) is 4.84 Å². The smallest absolute Gasteiger partial charge is 0.318 e. The minimum atomic E-state index is -0.290. The molecule has 0 amide bonds. The molecule has 2 aromatic rings. The molecule has 0 aromatic heterocycles. The van der Waals surface area contributed by atoms with Crippen molar-refractivity contribution in [1.29, 1.82) is 0 Å². The fraction of sp³-hybridized carbons (Fsp3) is 0.250. The van der Waals surface area contributed by atoms with Crippen LogP contribution in [0.5, 0.6) is 0 Å². The lowest BCUT2D eigenvalue weighted by Crippen LogP contribution is -2.03. The Morgan fingerprint density at radius 1 is 1.16 bits per heavy atom. The first kappa shape index (κ1) is 13.3. The van der Waals surface area contributed by atoms with Crippen molar-refractivity contribution < 1.29 is 9.63 Å². The monoisotopic (exact) mass is 255 g/mol. The number of hydrogen-bond acceptors (Lipinski definition) is 3. The van der Waals surface area contributed by atoms with Crippen LogP contribution in [0.3, 0.4) is 0 Å². The SMILES string of the molecule is CCCC(=O)O/N=C(/C)c1cccc2ccccc12. The second kappa shape index (κ2) is 6.14. The highest BCUT2D eigenvalue weighted by Gasteiger charge is 2.05. The van der Waals surface area contributed by atoms with Gasteiger partial charge in [-0.15, -0.1) is 0 Å². The summed E-state index contributed by atoms with van der Waals surface area (Å²) in [6.45, 7) is 3.78.